The van der Waals surface area contributed by atoms with Gasteiger partial charge in [-0.1, -0.05) is 13.8 Å². The van der Waals surface area contributed by atoms with Crippen molar-refractivity contribution in [2.45, 2.75) is 13.8 Å². The van der Waals surface area contributed by atoms with Crippen molar-refractivity contribution in [3.8, 4) is 0 Å². The highest BCUT2D eigenvalue weighted by molar-refractivity contribution is 5.81. The van der Waals surface area contributed by atoms with E-state index in [-0.39, 0.29) is 23.8 Å². The Labute approximate surface area is 111 Å². The molecule has 4 N–H and O–H groups in total. The van der Waals surface area contributed by atoms with Gasteiger partial charge in [-0.3, -0.25) is 14.9 Å². The molecule has 1 amide bonds. The quantitative estimate of drug-likeness (QED) is 0.409. The molecule has 1 rings (SSSR count). The molecule has 1 aromatic rings. The summed E-state index contributed by atoms with van der Waals surface area (Å²) in [5.74, 6) is 0.205. The number of rotatable bonds is 6. The molecule has 7 heteroatoms. The van der Waals surface area contributed by atoms with Crippen LogP contribution in [0, 0.1) is 16.0 Å². The highest BCUT2D eigenvalue weighted by Gasteiger charge is 2.09. The van der Waals surface area contributed by atoms with Crippen LogP contribution in [0.3, 0.4) is 0 Å². The first-order valence-electron chi connectivity index (χ1n) is 5.94. The van der Waals surface area contributed by atoms with E-state index in [1.165, 1.54) is 12.1 Å². The van der Waals surface area contributed by atoms with Gasteiger partial charge in [-0.15, -0.1) is 0 Å². The van der Waals surface area contributed by atoms with Gasteiger partial charge in [0.05, 0.1) is 11.5 Å². The first kappa shape index (κ1) is 14.7. The van der Waals surface area contributed by atoms with E-state index in [0.29, 0.717) is 18.2 Å². The number of nitrogen functional groups attached to an aromatic ring is 1. The largest absolute Gasteiger partial charge is 0.398 e. The molecule has 19 heavy (non-hydrogen) atoms. The molecule has 0 saturated heterocycles. The predicted molar refractivity (Wildman–Crippen MR) is 73.8 cm³/mol. The summed E-state index contributed by atoms with van der Waals surface area (Å²) in [5.41, 5.74) is 6.18. The number of nitro benzene ring substituents is 1. The second kappa shape index (κ2) is 6.58. The molecule has 7 nitrogen and oxygen atoms in total. The Morgan fingerprint density at radius 3 is 2.68 bits per heavy atom. The second-order valence-corrected chi connectivity index (χ2v) is 4.62. The normalized spacial score (nSPS) is 10.3. The van der Waals surface area contributed by atoms with E-state index in [1.807, 2.05) is 13.8 Å². The van der Waals surface area contributed by atoms with Crippen molar-refractivity contribution in [1.82, 2.24) is 5.32 Å². The highest BCUT2D eigenvalue weighted by atomic mass is 16.6. The molecule has 0 aliphatic carbocycles. The predicted octanol–water partition coefficient (Wildman–Crippen LogP) is 1.36. The monoisotopic (exact) mass is 266 g/mol. The molecule has 1 aromatic carbocycles. The number of carbonyl (C=O) groups excluding carboxylic acids is 1. The number of hydrogen-bond acceptors (Lipinski definition) is 5. The Morgan fingerprint density at radius 1 is 1.42 bits per heavy atom. The zero-order valence-electron chi connectivity index (χ0n) is 11.0. The number of hydrogen-bond donors (Lipinski definition) is 3. The fourth-order valence-electron chi connectivity index (χ4n) is 1.40. The van der Waals surface area contributed by atoms with Gasteiger partial charge in [0.25, 0.3) is 5.69 Å². The molecule has 0 heterocycles. The molecule has 0 atom stereocenters. The summed E-state index contributed by atoms with van der Waals surface area (Å²) >= 11 is 0. The van der Waals surface area contributed by atoms with E-state index in [4.69, 9.17) is 5.73 Å². The van der Waals surface area contributed by atoms with E-state index in [2.05, 4.69) is 10.6 Å². The molecule has 104 valence electrons. The van der Waals surface area contributed by atoms with Crippen LogP contribution in [0.5, 0.6) is 0 Å². The summed E-state index contributed by atoms with van der Waals surface area (Å²) < 4.78 is 0. The smallest absolute Gasteiger partial charge is 0.273 e. The number of carbonyl (C=O) groups is 1. The molecule has 0 unspecified atom stereocenters. The van der Waals surface area contributed by atoms with Crippen LogP contribution >= 0.6 is 0 Å². The van der Waals surface area contributed by atoms with E-state index in [0.717, 1.165) is 0 Å². The van der Waals surface area contributed by atoms with Crippen LogP contribution < -0.4 is 16.4 Å². The lowest BCUT2D eigenvalue weighted by molar-refractivity contribution is -0.384. The average molecular weight is 266 g/mol. The van der Waals surface area contributed by atoms with Crippen LogP contribution in [0.4, 0.5) is 17.1 Å². The van der Waals surface area contributed by atoms with Crippen LogP contribution in [0.25, 0.3) is 0 Å². The SMILES string of the molecule is CC(C)CNC(=O)CNc1cc(N)cc([N+](=O)[O-])c1. The van der Waals surface area contributed by atoms with Crippen molar-refractivity contribution in [1.29, 1.82) is 0 Å². The van der Waals surface area contributed by atoms with E-state index in [9.17, 15) is 14.9 Å². The van der Waals surface area contributed by atoms with Crippen molar-refractivity contribution in [3.63, 3.8) is 0 Å². The maximum absolute atomic E-state index is 11.5. The first-order valence-corrected chi connectivity index (χ1v) is 5.94. The fourth-order valence-corrected chi connectivity index (χ4v) is 1.40. The summed E-state index contributed by atoms with van der Waals surface area (Å²) in [4.78, 5) is 21.6. The Hall–Kier alpha value is -2.31. The van der Waals surface area contributed by atoms with Crippen molar-refractivity contribution < 1.29 is 9.72 Å². The topological polar surface area (TPSA) is 110 Å². The van der Waals surface area contributed by atoms with Gasteiger partial charge >= 0.3 is 0 Å². The zero-order valence-corrected chi connectivity index (χ0v) is 11.0. The third-order valence-electron chi connectivity index (χ3n) is 2.31. The summed E-state index contributed by atoms with van der Waals surface area (Å²) in [7, 11) is 0. The first-order chi connectivity index (χ1) is 8.88. The summed E-state index contributed by atoms with van der Waals surface area (Å²) in [6.45, 7) is 4.63. The van der Waals surface area contributed by atoms with Gasteiger partial charge in [0.1, 0.15) is 0 Å². The van der Waals surface area contributed by atoms with Gasteiger partial charge in [-0.2, -0.15) is 0 Å². The number of non-ortho nitro benzene ring substituents is 1. The fraction of sp³-hybridized carbons (Fsp3) is 0.417. The Balaban J connectivity index is 2.58. The minimum atomic E-state index is -0.527. The minimum absolute atomic E-state index is 0.0489. The van der Waals surface area contributed by atoms with Crippen molar-refractivity contribution in [2.24, 2.45) is 5.92 Å². The molecule has 0 spiro atoms. The van der Waals surface area contributed by atoms with Gasteiger partial charge < -0.3 is 16.4 Å². The Bertz CT molecular complexity index is 474. The number of anilines is 2. The number of nitrogens with two attached hydrogens (primary N) is 1. The molecular weight excluding hydrogens is 248 g/mol. The summed E-state index contributed by atoms with van der Waals surface area (Å²) in [5, 5.41) is 16.2. The third-order valence-corrected chi connectivity index (χ3v) is 2.31. The van der Waals surface area contributed by atoms with Crippen LogP contribution in [0.2, 0.25) is 0 Å². The number of nitro groups is 1. The van der Waals surface area contributed by atoms with Crippen LogP contribution in [0.15, 0.2) is 18.2 Å². The average Bonchev–Trinajstić information content (AvgIpc) is 2.33. The van der Waals surface area contributed by atoms with Crippen LogP contribution in [-0.2, 0) is 4.79 Å². The minimum Gasteiger partial charge on any atom is -0.398 e. The number of benzene rings is 1. The molecule has 0 aromatic heterocycles. The molecule has 0 fully saturated rings. The Morgan fingerprint density at radius 2 is 2.11 bits per heavy atom. The number of amides is 1. The van der Waals surface area contributed by atoms with E-state index in [1.54, 1.807) is 6.07 Å². The van der Waals surface area contributed by atoms with Gasteiger partial charge in [0.15, 0.2) is 0 Å². The van der Waals surface area contributed by atoms with Gasteiger partial charge in [-0.05, 0) is 12.0 Å². The van der Waals surface area contributed by atoms with Crippen molar-refractivity contribution in [3.05, 3.63) is 28.3 Å². The van der Waals surface area contributed by atoms with Crippen LogP contribution in [-0.4, -0.2) is 23.9 Å². The molecular formula is C12H18N4O3. The second-order valence-electron chi connectivity index (χ2n) is 4.62. The zero-order chi connectivity index (χ0) is 14.4. The number of nitrogens with zero attached hydrogens (tertiary/aromatic N) is 1. The van der Waals surface area contributed by atoms with Gasteiger partial charge in [0.2, 0.25) is 5.91 Å². The van der Waals surface area contributed by atoms with E-state index < -0.39 is 4.92 Å². The van der Waals surface area contributed by atoms with Crippen molar-refractivity contribution >= 4 is 23.0 Å². The standard InChI is InChI=1S/C12H18N4O3/c1-8(2)6-15-12(17)7-14-10-3-9(13)4-11(5-10)16(18)19/h3-5,8,14H,6-7,13H2,1-2H3,(H,15,17). The van der Waals surface area contributed by atoms with E-state index >= 15 is 0 Å². The molecule has 0 bridgehead atoms. The Kier molecular flexibility index (Phi) is 5.11. The lowest BCUT2D eigenvalue weighted by atomic mass is 10.2. The molecule has 0 saturated carbocycles. The summed E-state index contributed by atoms with van der Waals surface area (Å²) in [6.07, 6.45) is 0. The van der Waals surface area contributed by atoms with Gasteiger partial charge in [0, 0.05) is 30.1 Å². The third kappa shape index (κ3) is 5.24. The molecule has 0 radical (unpaired) electrons. The van der Waals surface area contributed by atoms with Crippen LogP contribution in [0.1, 0.15) is 13.8 Å². The lowest BCUT2D eigenvalue weighted by Crippen LogP contribution is -2.32. The van der Waals surface area contributed by atoms with Gasteiger partial charge in [-0.25, -0.2) is 0 Å². The van der Waals surface area contributed by atoms with Crippen molar-refractivity contribution in [2.75, 3.05) is 24.1 Å². The molecule has 0 aliphatic rings. The maximum Gasteiger partial charge on any atom is 0.273 e. The number of nitrogens with one attached hydrogen (secondary N) is 2. The summed E-state index contributed by atoms with van der Waals surface area (Å²) in [6, 6.07) is 4.15. The lowest BCUT2D eigenvalue weighted by Gasteiger charge is -2.09. The maximum atomic E-state index is 11.5. The highest BCUT2D eigenvalue weighted by Crippen LogP contribution is 2.21. The molecule has 0 aliphatic heterocycles.